The molecule has 0 heterocycles. The maximum Gasteiger partial charge on any atom is 0.142 e. The van der Waals surface area contributed by atoms with Crippen molar-refractivity contribution < 1.29 is 9.90 Å². The molecule has 0 spiro atoms. The van der Waals surface area contributed by atoms with Crippen LogP contribution in [0.4, 0.5) is 0 Å². The van der Waals surface area contributed by atoms with E-state index in [9.17, 15) is 9.90 Å². The van der Waals surface area contributed by atoms with Crippen LogP contribution in [0.3, 0.4) is 0 Å². The standard InChI is InChI=1S/C20H34O2/c1-15(10-14-21)7-8-17-19(4)12-6-11-18(2,3)16(19)9-13-20(17,5)22/h10,14,16-17,22H,6-9,11-13H2,1-5H3/b15-10-/t16-,17+,19+,20+/m0/s1. The van der Waals surface area contributed by atoms with Crippen molar-refractivity contribution in [1.29, 1.82) is 0 Å². The molecule has 2 nitrogen and oxygen atoms in total. The van der Waals surface area contributed by atoms with Crippen LogP contribution in [0.1, 0.15) is 79.6 Å². The Morgan fingerprint density at radius 3 is 2.50 bits per heavy atom. The molecular weight excluding hydrogens is 272 g/mol. The summed E-state index contributed by atoms with van der Waals surface area (Å²) in [5.74, 6) is 1.03. The largest absolute Gasteiger partial charge is 0.390 e. The lowest BCUT2D eigenvalue weighted by Crippen LogP contribution is -2.57. The number of hydrogen-bond acceptors (Lipinski definition) is 2. The third-order valence-electron chi connectivity index (χ3n) is 6.94. The van der Waals surface area contributed by atoms with Crippen molar-refractivity contribution >= 4 is 6.29 Å². The quantitative estimate of drug-likeness (QED) is 0.592. The zero-order valence-electron chi connectivity index (χ0n) is 15.1. The summed E-state index contributed by atoms with van der Waals surface area (Å²) in [6.45, 7) is 11.3. The second-order valence-electron chi connectivity index (χ2n) is 9.04. The van der Waals surface area contributed by atoms with Gasteiger partial charge in [0, 0.05) is 0 Å². The lowest BCUT2D eigenvalue weighted by Gasteiger charge is -2.61. The Hall–Kier alpha value is -0.630. The van der Waals surface area contributed by atoms with Crippen molar-refractivity contribution in [3.05, 3.63) is 11.6 Å². The van der Waals surface area contributed by atoms with E-state index in [1.807, 2.05) is 13.8 Å². The Labute approximate surface area is 136 Å². The van der Waals surface area contributed by atoms with Crippen LogP contribution < -0.4 is 0 Å². The van der Waals surface area contributed by atoms with Crippen molar-refractivity contribution in [3.63, 3.8) is 0 Å². The van der Waals surface area contributed by atoms with Crippen LogP contribution >= 0.6 is 0 Å². The van der Waals surface area contributed by atoms with Crippen LogP contribution in [0.2, 0.25) is 0 Å². The molecule has 1 N–H and O–H groups in total. The molecule has 126 valence electrons. The maximum atomic E-state index is 11.1. The van der Waals surface area contributed by atoms with Gasteiger partial charge in [0.05, 0.1) is 5.60 Å². The van der Waals surface area contributed by atoms with Crippen molar-refractivity contribution in [2.24, 2.45) is 22.7 Å². The fourth-order valence-electron chi connectivity index (χ4n) is 5.84. The Morgan fingerprint density at radius 2 is 1.86 bits per heavy atom. The number of hydrogen-bond donors (Lipinski definition) is 1. The van der Waals surface area contributed by atoms with Gasteiger partial charge in [0.25, 0.3) is 0 Å². The minimum absolute atomic E-state index is 0.227. The fourth-order valence-corrected chi connectivity index (χ4v) is 5.84. The highest BCUT2D eigenvalue weighted by Crippen LogP contribution is 2.62. The highest BCUT2D eigenvalue weighted by Gasteiger charge is 2.57. The number of allylic oxidation sites excluding steroid dienone is 2. The zero-order valence-corrected chi connectivity index (χ0v) is 15.1. The molecule has 2 heteroatoms. The predicted octanol–water partition coefficient (Wildman–Crippen LogP) is 4.91. The Kier molecular flexibility index (Phi) is 4.92. The van der Waals surface area contributed by atoms with Crippen LogP contribution in [0.5, 0.6) is 0 Å². The molecule has 0 aromatic rings. The Balaban J connectivity index is 2.26. The van der Waals surface area contributed by atoms with E-state index in [2.05, 4.69) is 20.8 Å². The number of aliphatic hydroxyl groups is 1. The van der Waals surface area contributed by atoms with Gasteiger partial charge in [-0.25, -0.2) is 0 Å². The molecule has 0 unspecified atom stereocenters. The topological polar surface area (TPSA) is 37.3 Å². The maximum absolute atomic E-state index is 11.1. The molecule has 0 saturated heterocycles. The molecular formula is C20H34O2. The van der Waals surface area contributed by atoms with Crippen molar-refractivity contribution in [2.75, 3.05) is 0 Å². The van der Waals surface area contributed by atoms with Gasteiger partial charge in [-0.1, -0.05) is 32.8 Å². The molecule has 4 atom stereocenters. The van der Waals surface area contributed by atoms with Crippen molar-refractivity contribution in [1.82, 2.24) is 0 Å². The summed E-state index contributed by atoms with van der Waals surface area (Å²) < 4.78 is 0. The monoisotopic (exact) mass is 306 g/mol. The van der Waals surface area contributed by atoms with E-state index in [1.165, 1.54) is 19.3 Å². The van der Waals surface area contributed by atoms with Crippen LogP contribution in [0.25, 0.3) is 0 Å². The molecule has 0 aliphatic heterocycles. The van der Waals surface area contributed by atoms with Crippen LogP contribution in [0, 0.1) is 22.7 Å². The third kappa shape index (κ3) is 3.18. The summed E-state index contributed by atoms with van der Waals surface area (Å²) in [5.41, 5.74) is 1.17. The van der Waals surface area contributed by atoms with Gasteiger partial charge in [0.1, 0.15) is 6.29 Å². The van der Waals surface area contributed by atoms with Gasteiger partial charge < -0.3 is 5.11 Å². The Morgan fingerprint density at radius 1 is 1.18 bits per heavy atom. The van der Waals surface area contributed by atoms with Gasteiger partial charge in [-0.15, -0.1) is 0 Å². The second-order valence-corrected chi connectivity index (χ2v) is 9.04. The van der Waals surface area contributed by atoms with E-state index in [4.69, 9.17) is 0 Å². The van der Waals surface area contributed by atoms with Crippen LogP contribution in [-0.2, 0) is 4.79 Å². The van der Waals surface area contributed by atoms with Gasteiger partial charge in [0.15, 0.2) is 0 Å². The summed E-state index contributed by atoms with van der Waals surface area (Å²) in [6.07, 6.45) is 10.3. The van der Waals surface area contributed by atoms with E-state index < -0.39 is 5.60 Å². The lowest BCUT2D eigenvalue weighted by atomic mass is 9.45. The first-order chi connectivity index (χ1) is 10.1. The molecule has 0 aromatic carbocycles. The Bertz CT molecular complexity index is 447. The molecule has 0 aromatic heterocycles. The minimum Gasteiger partial charge on any atom is -0.390 e. The minimum atomic E-state index is -0.569. The first-order valence-corrected chi connectivity index (χ1v) is 8.97. The van der Waals surface area contributed by atoms with Crippen LogP contribution in [-0.4, -0.2) is 17.0 Å². The average molecular weight is 306 g/mol. The highest BCUT2D eigenvalue weighted by molar-refractivity contribution is 5.65. The zero-order chi connectivity index (χ0) is 16.6. The van der Waals surface area contributed by atoms with E-state index in [1.54, 1.807) is 6.08 Å². The summed E-state index contributed by atoms with van der Waals surface area (Å²) in [6, 6.07) is 0. The average Bonchev–Trinajstić information content (AvgIpc) is 2.36. The summed E-state index contributed by atoms with van der Waals surface area (Å²) in [5, 5.41) is 11.1. The highest BCUT2D eigenvalue weighted by atomic mass is 16.3. The van der Waals surface area contributed by atoms with Gasteiger partial charge in [-0.3, -0.25) is 4.79 Å². The third-order valence-corrected chi connectivity index (χ3v) is 6.94. The van der Waals surface area contributed by atoms with E-state index in [0.29, 0.717) is 17.3 Å². The van der Waals surface area contributed by atoms with Crippen LogP contribution in [0.15, 0.2) is 11.6 Å². The molecule has 0 radical (unpaired) electrons. The molecule has 2 aliphatic rings. The predicted molar refractivity (Wildman–Crippen MR) is 91.6 cm³/mol. The molecule has 0 amide bonds. The summed E-state index contributed by atoms with van der Waals surface area (Å²) in [4.78, 5) is 10.6. The second kappa shape index (κ2) is 6.11. The molecule has 2 aliphatic carbocycles. The molecule has 22 heavy (non-hydrogen) atoms. The van der Waals surface area contributed by atoms with Gasteiger partial charge in [-0.2, -0.15) is 0 Å². The van der Waals surface area contributed by atoms with Gasteiger partial charge in [-0.05, 0) is 81.1 Å². The first kappa shape index (κ1) is 17.7. The molecule has 2 rings (SSSR count). The summed E-state index contributed by atoms with van der Waals surface area (Å²) >= 11 is 0. The first-order valence-electron chi connectivity index (χ1n) is 8.97. The normalized spacial score (nSPS) is 41.8. The van der Waals surface area contributed by atoms with E-state index in [-0.39, 0.29) is 5.41 Å². The summed E-state index contributed by atoms with van der Waals surface area (Å²) in [7, 11) is 0. The van der Waals surface area contributed by atoms with Gasteiger partial charge >= 0.3 is 0 Å². The number of fused-ring (bicyclic) bond motifs is 1. The van der Waals surface area contributed by atoms with Crippen molar-refractivity contribution in [2.45, 2.75) is 85.2 Å². The number of carbonyl (C=O) groups is 1. The number of carbonyl (C=O) groups excluding carboxylic acids is 1. The van der Waals surface area contributed by atoms with Gasteiger partial charge in [0.2, 0.25) is 0 Å². The van der Waals surface area contributed by atoms with E-state index >= 15 is 0 Å². The van der Waals surface area contributed by atoms with E-state index in [0.717, 1.165) is 37.5 Å². The smallest absolute Gasteiger partial charge is 0.142 e. The molecule has 2 saturated carbocycles. The fraction of sp³-hybridized carbons (Fsp3) is 0.850. The van der Waals surface area contributed by atoms with Crippen molar-refractivity contribution in [3.8, 4) is 0 Å². The molecule has 0 bridgehead atoms. The lowest BCUT2D eigenvalue weighted by molar-refractivity contribution is -0.168. The molecule has 2 fully saturated rings. The SMILES string of the molecule is C/C(=C/C=O)CC[C@@H]1[C@]2(C)CCCC(C)(C)[C@@H]2CC[C@@]1(C)O. The number of aldehydes is 1. The number of rotatable bonds is 4.